The Kier molecular flexibility index (Phi) is 3.26. The van der Waals surface area contributed by atoms with Crippen LogP contribution in [0.2, 0.25) is 0 Å². The summed E-state index contributed by atoms with van der Waals surface area (Å²) >= 11 is 0. The van der Waals surface area contributed by atoms with Crippen LogP contribution >= 0.6 is 0 Å². The molecule has 3 heterocycles. The first kappa shape index (κ1) is 13.1. The van der Waals surface area contributed by atoms with Crippen molar-refractivity contribution in [1.29, 1.82) is 0 Å². The largest absolute Gasteiger partial charge is 0.343 e. The van der Waals surface area contributed by atoms with Crippen molar-refractivity contribution in [2.24, 2.45) is 11.8 Å². The first-order valence-corrected chi connectivity index (χ1v) is 8.44. The van der Waals surface area contributed by atoms with Crippen molar-refractivity contribution in [1.82, 2.24) is 14.7 Å². The van der Waals surface area contributed by atoms with Crippen LogP contribution in [0.15, 0.2) is 0 Å². The van der Waals surface area contributed by atoms with Crippen LogP contribution in [-0.2, 0) is 4.79 Å². The molecule has 0 N–H and O–H groups in total. The Bertz CT molecular complexity index is 373. The maximum Gasteiger partial charge on any atom is 0.219 e. The van der Waals surface area contributed by atoms with E-state index in [1.807, 2.05) is 4.90 Å². The number of hydrogen-bond donors (Lipinski definition) is 0. The van der Waals surface area contributed by atoms with Gasteiger partial charge in [0.15, 0.2) is 0 Å². The Hall–Kier alpha value is -0.610. The predicted octanol–water partition coefficient (Wildman–Crippen LogP) is 1.02. The van der Waals surface area contributed by atoms with Gasteiger partial charge in [-0.15, -0.1) is 0 Å². The zero-order valence-corrected chi connectivity index (χ0v) is 12.6. The van der Waals surface area contributed by atoms with E-state index in [9.17, 15) is 4.79 Å². The number of carbonyl (C=O) groups is 1. The van der Waals surface area contributed by atoms with Crippen LogP contribution in [0.3, 0.4) is 0 Å². The highest BCUT2D eigenvalue weighted by Crippen LogP contribution is 2.39. The van der Waals surface area contributed by atoms with Crippen molar-refractivity contribution < 1.29 is 4.79 Å². The molecule has 2 unspecified atom stereocenters. The second-order valence-corrected chi connectivity index (χ2v) is 7.40. The van der Waals surface area contributed by atoms with Gasteiger partial charge in [0.2, 0.25) is 5.91 Å². The molecule has 0 radical (unpaired) electrons. The molecule has 4 heteroatoms. The van der Waals surface area contributed by atoms with Crippen LogP contribution in [0.1, 0.15) is 32.6 Å². The summed E-state index contributed by atoms with van der Waals surface area (Å²) in [5.41, 5.74) is 0. The van der Waals surface area contributed by atoms with E-state index in [1.165, 1.54) is 51.9 Å². The SMILES string of the molecule is CC(=O)N1CCC(N2CC3CN(C4CC4)CC3C2)CC1. The molecule has 0 aromatic rings. The molecule has 3 aliphatic heterocycles. The van der Waals surface area contributed by atoms with Gasteiger partial charge in [-0.2, -0.15) is 0 Å². The highest BCUT2D eigenvalue weighted by Gasteiger charge is 2.45. The third-order valence-electron chi connectivity index (χ3n) is 6.03. The van der Waals surface area contributed by atoms with Crippen molar-refractivity contribution in [2.45, 2.75) is 44.7 Å². The van der Waals surface area contributed by atoms with Gasteiger partial charge in [0.05, 0.1) is 0 Å². The lowest BCUT2D eigenvalue weighted by Gasteiger charge is -2.37. The minimum Gasteiger partial charge on any atom is -0.343 e. The van der Waals surface area contributed by atoms with Gasteiger partial charge < -0.3 is 4.90 Å². The molecule has 4 rings (SSSR count). The van der Waals surface area contributed by atoms with E-state index in [-0.39, 0.29) is 5.91 Å². The molecule has 1 aliphatic carbocycles. The molecule has 0 aromatic carbocycles. The van der Waals surface area contributed by atoms with Gasteiger partial charge in [0.1, 0.15) is 0 Å². The maximum absolute atomic E-state index is 11.4. The summed E-state index contributed by atoms with van der Waals surface area (Å²) in [6.07, 6.45) is 5.27. The summed E-state index contributed by atoms with van der Waals surface area (Å²) in [6, 6.07) is 1.69. The monoisotopic (exact) mass is 277 g/mol. The Balaban J connectivity index is 1.29. The molecule has 4 aliphatic rings. The van der Waals surface area contributed by atoms with Crippen LogP contribution in [0.4, 0.5) is 0 Å². The summed E-state index contributed by atoms with van der Waals surface area (Å²) in [5.74, 6) is 2.12. The molecule has 4 fully saturated rings. The number of rotatable bonds is 2. The van der Waals surface area contributed by atoms with E-state index in [1.54, 1.807) is 6.92 Å². The van der Waals surface area contributed by atoms with Crippen LogP contribution in [0.25, 0.3) is 0 Å². The summed E-state index contributed by atoms with van der Waals surface area (Å²) in [5, 5.41) is 0. The fourth-order valence-electron chi connectivity index (χ4n) is 4.65. The van der Waals surface area contributed by atoms with Crippen LogP contribution in [0, 0.1) is 11.8 Å². The van der Waals surface area contributed by atoms with Crippen molar-refractivity contribution in [3.8, 4) is 0 Å². The number of carbonyl (C=O) groups excluding carboxylic acids is 1. The van der Waals surface area contributed by atoms with Crippen molar-refractivity contribution >= 4 is 5.91 Å². The van der Waals surface area contributed by atoms with E-state index in [4.69, 9.17) is 0 Å². The minimum absolute atomic E-state index is 0.252. The van der Waals surface area contributed by atoms with E-state index in [0.717, 1.165) is 37.0 Å². The molecule has 2 atom stereocenters. The standard InChI is InChI=1S/C16H27N3O/c1-12(20)17-6-4-16(5-7-17)19-10-13-8-18(15-2-3-15)9-14(13)11-19/h13-16H,2-11H2,1H3. The number of nitrogens with zero attached hydrogens (tertiary/aromatic N) is 3. The van der Waals surface area contributed by atoms with E-state index >= 15 is 0 Å². The molecule has 112 valence electrons. The lowest BCUT2D eigenvalue weighted by molar-refractivity contribution is -0.130. The summed E-state index contributed by atoms with van der Waals surface area (Å²) < 4.78 is 0. The van der Waals surface area contributed by atoms with Gasteiger partial charge in [-0.25, -0.2) is 0 Å². The first-order chi connectivity index (χ1) is 9.70. The Morgan fingerprint density at radius 2 is 1.25 bits per heavy atom. The molecule has 1 saturated carbocycles. The maximum atomic E-state index is 11.4. The Labute approximate surface area is 122 Å². The van der Waals surface area contributed by atoms with E-state index in [2.05, 4.69) is 9.80 Å². The number of piperidine rings is 1. The molecular formula is C16H27N3O. The highest BCUT2D eigenvalue weighted by atomic mass is 16.2. The molecule has 1 amide bonds. The van der Waals surface area contributed by atoms with E-state index in [0.29, 0.717) is 0 Å². The van der Waals surface area contributed by atoms with E-state index < -0.39 is 0 Å². The summed E-state index contributed by atoms with van der Waals surface area (Å²) in [6.45, 7) is 9.00. The fraction of sp³-hybridized carbons (Fsp3) is 0.938. The molecule has 0 bridgehead atoms. The third-order valence-corrected chi connectivity index (χ3v) is 6.03. The van der Waals surface area contributed by atoms with Gasteiger partial charge >= 0.3 is 0 Å². The zero-order chi connectivity index (χ0) is 13.7. The second-order valence-electron chi connectivity index (χ2n) is 7.40. The topological polar surface area (TPSA) is 26.8 Å². The molecule has 20 heavy (non-hydrogen) atoms. The normalized spacial score (nSPS) is 36.5. The molecular weight excluding hydrogens is 250 g/mol. The Morgan fingerprint density at radius 3 is 1.65 bits per heavy atom. The van der Waals surface area contributed by atoms with Gasteiger partial charge in [-0.1, -0.05) is 0 Å². The number of amides is 1. The van der Waals surface area contributed by atoms with Crippen LogP contribution in [-0.4, -0.2) is 72.0 Å². The first-order valence-electron chi connectivity index (χ1n) is 8.44. The Morgan fingerprint density at radius 1 is 0.800 bits per heavy atom. The van der Waals surface area contributed by atoms with Gasteiger partial charge in [-0.05, 0) is 37.5 Å². The molecule has 3 saturated heterocycles. The summed E-state index contributed by atoms with van der Waals surface area (Å²) in [4.78, 5) is 18.9. The molecule has 0 aromatic heterocycles. The number of likely N-dealkylation sites (tertiary alicyclic amines) is 3. The molecule has 4 nitrogen and oxygen atoms in total. The fourth-order valence-corrected chi connectivity index (χ4v) is 4.65. The second kappa shape index (κ2) is 4.99. The highest BCUT2D eigenvalue weighted by molar-refractivity contribution is 5.73. The predicted molar refractivity (Wildman–Crippen MR) is 78.4 cm³/mol. The van der Waals surface area contributed by atoms with Crippen LogP contribution < -0.4 is 0 Å². The average Bonchev–Trinajstić information content (AvgIpc) is 3.10. The lowest BCUT2D eigenvalue weighted by Crippen LogP contribution is -2.46. The zero-order valence-electron chi connectivity index (χ0n) is 12.6. The third kappa shape index (κ3) is 2.37. The van der Waals surface area contributed by atoms with Gasteiger partial charge in [-0.3, -0.25) is 14.6 Å². The van der Waals surface area contributed by atoms with Crippen molar-refractivity contribution in [3.05, 3.63) is 0 Å². The quantitative estimate of drug-likeness (QED) is 0.754. The minimum atomic E-state index is 0.252. The average molecular weight is 277 g/mol. The summed E-state index contributed by atoms with van der Waals surface area (Å²) in [7, 11) is 0. The number of hydrogen-bond acceptors (Lipinski definition) is 3. The van der Waals surface area contributed by atoms with Gasteiger partial charge in [0, 0.05) is 58.3 Å². The smallest absolute Gasteiger partial charge is 0.219 e. The van der Waals surface area contributed by atoms with Crippen LogP contribution in [0.5, 0.6) is 0 Å². The van der Waals surface area contributed by atoms with Gasteiger partial charge in [0.25, 0.3) is 0 Å². The molecule has 0 spiro atoms. The lowest BCUT2D eigenvalue weighted by atomic mass is 10.0. The van der Waals surface area contributed by atoms with Crippen molar-refractivity contribution in [2.75, 3.05) is 39.3 Å². The number of fused-ring (bicyclic) bond motifs is 1. The van der Waals surface area contributed by atoms with Crippen molar-refractivity contribution in [3.63, 3.8) is 0 Å².